The molecule has 1 aromatic rings. The van der Waals surface area contributed by atoms with E-state index < -0.39 is 12.0 Å². The minimum atomic E-state index is -0.676. The summed E-state index contributed by atoms with van der Waals surface area (Å²) in [5.41, 5.74) is 5.65. The van der Waals surface area contributed by atoms with Crippen molar-refractivity contribution < 1.29 is 14.3 Å². The van der Waals surface area contributed by atoms with Gasteiger partial charge in [-0.1, -0.05) is 11.6 Å². The first-order chi connectivity index (χ1) is 11.0. The largest absolute Gasteiger partial charge is 0.449 e. The fraction of sp³-hybridized carbons (Fsp3) is 0.267. The van der Waals surface area contributed by atoms with Gasteiger partial charge in [-0.2, -0.15) is 5.26 Å². The van der Waals surface area contributed by atoms with Crippen molar-refractivity contribution in [2.24, 2.45) is 5.73 Å². The maximum absolute atomic E-state index is 12.1. The Morgan fingerprint density at radius 2 is 2.09 bits per heavy atom. The summed E-state index contributed by atoms with van der Waals surface area (Å²) in [4.78, 5) is 24.9. The average Bonchev–Trinajstić information content (AvgIpc) is 2.53. The van der Waals surface area contributed by atoms with Crippen LogP contribution in [0.1, 0.15) is 6.92 Å². The lowest BCUT2D eigenvalue weighted by atomic mass is 10.2. The Balaban J connectivity index is 2.90. The molecule has 0 aromatic heterocycles. The van der Waals surface area contributed by atoms with Crippen molar-refractivity contribution in [2.45, 2.75) is 6.92 Å². The molecule has 23 heavy (non-hydrogen) atoms. The highest BCUT2D eigenvalue weighted by atomic mass is 35.5. The highest BCUT2D eigenvalue weighted by molar-refractivity contribution is 6.30. The van der Waals surface area contributed by atoms with Crippen LogP contribution in [0.15, 0.2) is 36.0 Å². The van der Waals surface area contributed by atoms with Crippen LogP contribution >= 0.6 is 11.6 Å². The van der Waals surface area contributed by atoms with Gasteiger partial charge >= 0.3 is 6.09 Å². The first-order valence-corrected chi connectivity index (χ1v) is 7.22. The van der Waals surface area contributed by atoms with E-state index in [1.165, 1.54) is 0 Å². The zero-order chi connectivity index (χ0) is 17.2. The summed E-state index contributed by atoms with van der Waals surface area (Å²) in [7, 11) is 0. The number of ether oxygens (including phenoxy) is 1. The molecule has 0 aliphatic carbocycles. The minimum Gasteiger partial charge on any atom is -0.449 e. The zero-order valence-corrected chi connectivity index (χ0v) is 13.3. The van der Waals surface area contributed by atoms with Gasteiger partial charge < -0.3 is 15.8 Å². The molecule has 0 atom stereocenters. The van der Waals surface area contributed by atoms with Gasteiger partial charge in [0.15, 0.2) is 0 Å². The van der Waals surface area contributed by atoms with E-state index in [4.69, 9.17) is 27.3 Å². The third-order valence-electron chi connectivity index (χ3n) is 2.62. The van der Waals surface area contributed by atoms with Gasteiger partial charge in [0.05, 0.1) is 6.61 Å². The highest BCUT2D eigenvalue weighted by Gasteiger charge is 2.16. The molecule has 0 heterocycles. The first-order valence-electron chi connectivity index (χ1n) is 6.84. The lowest BCUT2D eigenvalue weighted by Gasteiger charge is -2.17. The second kappa shape index (κ2) is 9.46. The Labute approximate surface area is 139 Å². The molecule has 122 valence electrons. The first kappa shape index (κ1) is 18.5. The van der Waals surface area contributed by atoms with Crippen LogP contribution in [0.3, 0.4) is 0 Å². The summed E-state index contributed by atoms with van der Waals surface area (Å²) >= 11 is 5.76. The molecular weight excluding hydrogens is 320 g/mol. The van der Waals surface area contributed by atoms with Crippen LogP contribution < -0.4 is 11.1 Å². The number of nitrogens with two attached hydrogens (primary N) is 1. The Morgan fingerprint density at radius 1 is 1.43 bits per heavy atom. The second-order valence-corrected chi connectivity index (χ2v) is 4.73. The van der Waals surface area contributed by atoms with Crippen molar-refractivity contribution in [1.82, 2.24) is 4.90 Å². The highest BCUT2D eigenvalue weighted by Crippen LogP contribution is 2.14. The topological polar surface area (TPSA) is 108 Å². The number of nitrogens with one attached hydrogen (secondary N) is 1. The Morgan fingerprint density at radius 3 is 2.61 bits per heavy atom. The molecule has 0 aliphatic rings. The van der Waals surface area contributed by atoms with Gasteiger partial charge in [0.1, 0.15) is 11.6 Å². The molecule has 0 aliphatic heterocycles. The molecule has 1 rings (SSSR count). The van der Waals surface area contributed by atoms with Crippen molar-refractivity contribution in [3.63, 3.8) is 0 Å². The summed E-state index contributed by atoms with van der Waals surface area (Å²) in [6.07, 6.45) is 0.445. The number of benzene rings is 1. The smallest absolute Gasteiger partial charge is 0.413 e. The van der Waals surface area contributed by atoms with Crippen molar-refractivity contribution in [3.8, 4) is 6.07 Å². The van der Waals surface area contributed by atoms with Crippen molar-refractivity contribution in [2.75, 3.05) is 25.0 Å². The fourth-order valence-electron chi connectivity index (χ4n) is 1.58. The number of nitrogens with zero attached hydrogens (tertiary/aromatic N) is 2. The van der Waals surface area contributed by atoms with Crippen LogP contribution in [0, 0.1) is 11.3 Å². The van der Waals surface area contributed by atoms with E-state index in [0.29, 0.717) is 10.7 Å². The number of anilines is 1. The molecule has 2 amide bonds. The lowest BCUT2D eigenvalue weighted by molar-refractivity contribution is -0.112. The molecule has 1 aromatic carbocycles. The van der Waals surface area contributed by atoms with E-state index in [1.807, 2.05) is 0 Å². The van der Waals surface area contributed by atoms with Crippen LogP contribution in [0.25, 0.3) is 0 Å². The maximum atomic E-state index is 12.1. The van der Waals surface area contributed by atoms with E-state index >= 15 is 0 Å². The molecule has 0 spiro atoms. The number of carbonyl (C=O) groups excluding carboxylic acids is 2. The van der Waals surface area contributed by atoms with E-state index in [1.54, 1.807) is 37.3 Å². The van der Waals surface area contributed by atoms with Gasteiger partial charge in [-0.3, -0.25) is 9.69 Å². The van der Waals surface area contributed by atoms with Crippen LogP contribution in [0.2, 0.25) is 5.02 Å². The summed E-state index contributed by atoms with van der Waals surface area (Å²) in [6.45, 7) is 2.11. The molecule has 7 nitrogen and oxygen atoms in total. The predicted molar refractivity (Wildman–Crippen MR) is 86.6 cm³/mol. The standard InChI is InChI=1S/C15H17ClN4O3/c1-2-23-15(22)20(8-7-17)10-11(9-18)14(21)19-13-5-3-12(16)4-6-13/h3-6,10H,2,7-8,17H2,1H3,(H,19,21)/b11-10-. The third-order valence-corrected chi connectivity index (χ3v) is 2.88. The van der Waals surface area contributed by atoms with E-state index in [0.717, 1.165) is 11.1 Å². The van der Waals surface area contributed by atoms with E-state index in [9.17, 15) is 9.59 Å². The van der Waals surface area contributed by atoms with Crippen LogP contribution in [-0.2, 0) is 9.53 Å². The molecule has 8 heteroatoms. The number of hydrogen-bond acceptors (Lipinski definition) is 5. The minimum absolute atomic E-state index is 0.123. The second-order valence-electron chi connectivity index (χ2n) is 4.30. The normalized spacial score (nSPS) is 10.6. The lowest BCUT2D eigenvalue weighted by Crippen LogP contribution is -2.32. The average molecular weight is 337 g/mol. The van der Waals surface area contributed by atoms with Crippen molar-refractivity contribution >= 4 is 29.3 Å². The summed E-state index contributed by atoms with van der Waals surface area (Å²) in [5, 5.41) is 12.2. The van der Waals surface area contributed by atoms with Gasteiger partial charge in [-0.15, -0.1) is 0 Å². The number of rotatable bonds is 6. The SMILES string of the molecule is CCOC(=O)N(/C=C(/C#N)C(=O)Nc1ccc(Cl)cc1)CCN. The number of nitriles is 1. The van der Waals surface area contributed by atoms with Crippen LogP contribution in [-0.4, -0.2) is 36.6 Å². The van der Waals surface area contributed by atoms with Crippen LogP contribution in [0.4, 0.5) is 10.5 Å². The molecule has 0 radical (unpaired) electrons. The maximum Gasteiger partial charge on any atom is 0.413 e. The molecular formula is C15H17ClN4O3. The van der Waals surface area contributed by atoms with E-state index in [2.05, 4.69) is 5.32 Å². The van der Waals surface area contributed by atoms with Gasteiger partial charge in [0, 0.05) is 30.0 Å². The fourth-order valence-corrected chi connectivity index (χ4v) is 1.71. The van der Waals surface area contributed by atoms with Gasteiger partial charge in [0.25, 0.3) is 5.91 Å². The van der Waals surface area contributed by atoms with Crippen molar-refractivity contribution in [1.29, 1.82) is 5.26 Å². The number of amides is 2. The monoisotopic (exact) mass is 336 g/mol. The Bertz CT molecular complexity index is 623. The summed E-state index contributed by atoms with van der Waals surface area (Å²) in [6, 6.07) is 8.15. The zero-order valence-electron chi connectivity index (χ0n) is 12.6. The third kappa shape index (κ3) is 5.98. The number of hydrogen-bond donors (Lipinski definition) is 2. The molecule has 3 N–H and O–H groups in total. The Hall–Kier alpha value is -2.56. The van der Waals surface area contributed by atoms with E-state index in [-0.39, 0.29) is 25.3 Å². The summed E-state index contributed by atoms with van der Waals surface area (Å²) < 4.78 is 4.84. The van der Waals surface area contributed by atoms with Gasteiger partial charge in [-0.25, -0.2) is 4.79 Å². The number of carbonyl (C=O) groups is 2. The molecule has 0 unspecified atom stereocenters. The molecule has 0 saturated carbocycles. The molecule has 0 fully saturated rings. The van der Waals surface area contributed by atoms with Crippen molar-refractivity contribution in [3.05, 3.63) is 41.1 Å². The summed E-state index contributed by atoms with van der Waals surface area (Å²) in [5.74, 6) is -0.652. The number of halogens is 1. The van der Waals surface area contributed by atoms with Gasteiger partial charge in [-0.05, 0) is 31.2 Å². The molecule has 0 bridgehead atoms. The Kier molecular flexibility index (Phi) is 7.60. The molecule has 0 saturated heterocycles. The van der Waals surface area contributed by atoms with Gasteiger partial charge in [0.2, 0.25) is 0 Å². The van der Waals surface area contributed by atoms with Crippen LogP contribution in [0.5, 0.6) is 0 Å². The quantitative estimate of drug-likeness (QED) is 0.611. The predicted octanol–water partition coefficient (Wildman–Crippen LogP) is 2.10.